The molecule has 0 aliphatic carbocycles. The van der Waals surface area contributed by atoms with Crippen LogP contribution in [-0.4, -0.2) is 32.3 Å². The number of hydrogen-bond donors (Lipinski definition) is 1. The number of hydrogen-bond acceptors (Lipinski definition) is 4. The summed E-state index contributed by atoms with van der Waals surface area (Å²) in [6, 6.07) is 13.4. The van der Waals surface area contributed by atoms with Gasteiger partial charge in [-0.05, 0) is 37.1 Å². The van der Waals surface area contributed by atoms with Crippen molar-refractivity contribution >= 4 is 5.91 Å². The first-order chi connectivity index (χ1) is 11.7. The summed E-state index contributed by atoms with van der Waals surface area (Å²) in [4.78, 5) is 12.3. The Hall–Kier alpha value is -2.69. The molecule has 0 fully saturated rings. The van der Waals surface area contributed by atoms with Gasteiger partial charge in [0.2, 0.25) is 6.10 Å². The molecule has 5 heteroatoms. The van der Waals surface area contributed by atoms with Gasteiger partial charge in [0.25, 0.3) is 5.91 Å². The van der Waals surface area contributed by atoms with E-state index in [1.807, 2.05) is 37.3 Å². The van der Waals surface area contributed by atoms with E-state index in [4.69, 9.17) is 14.2 Å². The average molecular weight is 327 g/mol. The van der Waals surface area contributed by atoms with Gasteiger partial charge in [0.1, 0.15) is 12.4 Å². The van der Waals surface area contributed by atoms with Crippen LogP contribution in [0.3, 0.4) is 0 Å². The minimum absolute atomic E-state index is 0.170. The van der Waals surface area contributed by atoms with Crippen LogP contribution in [0.25, 0.3) is 0 Å². The number of rotatable bonds is 5. The Morgan fingerprint density at radius 1 is 1.25 bits per heavy atom. The molecule has 0 bridgehead atoms. The van der Waals surface area contributed by atoms with Crippen LogP contribution in [0, 0.1) is 6.92 Å². The molecule has 0 spiro atoms. The number of methoxy groups -OCH3 is 1. The number of nitrogens with one attached hydrogen (secondary N) is 1. The van der Waals surface area contributed by atoms with E-state index in [0.717, 1.165) is 16.9 Å². The van der Waals surface area contributed by atoms with Crippen LogP contribution in [0.5, 0.6) is 17.2 Å². The van der Waals surface area contributed by atoms with E-state index < -0.39 is 6.10 Å². The summed E-state index contributed by atoms with van der Waals surface area (Å²) in [5.74, 6) is 1.94. The minimum atomic E-state index is -0.626. The Morgan fingerprint density at radius 3 is 2.83 bits per heavy atom. The summed E-state index contributed by atoms with van der Waals surface area (Å²) < 4.78 is 16.6. The van der Waals surface area contributed by atoms with Crippen LogP contribution in [0.4, 0.5) is 0 Å². The minimum Gasteiger partial charge on any atom is -0.496 e. The molecular formula is C19H21NO4. The van der Waals surface area contributed by atoms with Gasteiger partial charge in [-0.25, -0.2) is 0 Å². The second-order valence-corrected chi connectivity index (χ2v) is 5.72. The van der Waals surface area contributed by atoms with Crippen molar-refractivity contribution in [1.82, 2.24) is 5.32 Å². The lowest BCUT2D eigenvalue weighted by atomic mass is 10.1. The number of carbonyl (C=O) groups excluding carboxylic acids is 1. The third-order valence-electron chi connectivity index (χ3n) is 3.93. The van der Waals surface area contributed by atoms with E-state index in [-0.39, 0.29) is 12.5 Å². The SMILES string of the molecule is COc1ccc(C)cc1CCNC(=O)C1COc2ccccc2O1. The molecule has 1 atom stereocenters. The fourth-order valence-electron chi connectivity index (χ4n) is 2.69. The highest BCUT2D eigenvalue weighted by Crippen LogP contribution is 2.30. The molecule has 0 saturated heterocycles. The first-order valence-corrected chi connectivity index (χ1v) is 7.97. The number of para-hydroxylation sites is 2. The average Bonchev–Trinajstić information content (AvgIpc) is 2.61. The van der Waals surface area contributed by atoms with Gasteiger partial charge in [0, 0.05) is 6.54 Å². The van der Waals surface area contributed by atoms with E-state index in [2.05, 4.69) is 11.4 Å². The number of benzene rings is 2. The molecule has 126 valence electrons. The topological polar surface area (TPSA) is 56.8 Å². The Balaban J connectivity index is 1.54. The van der Waals surface area contributed by atoms with Crippen molar-refractivity contribution in [2.45, 2.75) is 19.4 Å². The fourth-order valence-corrected chi connectivity index (χ4v) is 2.69. The Kier molecular flexibility index (Phi) is 4.89. The molecule has 1 N–H and O–H groups in total. The van der Waals surface area contributed by atoms with E-state index in [1.54, 1.807) is 13.2 Å². The third kappa shape index (κ3) is 3.62. The molecule has 2 aromatic rings. The molecule has 5 nitrogen and oxygen atoms in total. The van der Waals surface area contributed by atoms with E-state index in [1.165, 1.54) is 0 Å². The van der Waals surface area contributed by atoms with Gasteiger partial charge in [-0.15, -0.1) is 0 Å². The lowest BCUT2D eigenvalue weighted by Gasteiger charge is -2.25. The zero-order valence-electron chi connectivity index (χ0n) is 13.9. The number of carbonyl (C=O) groups is 1. The van der Waals surface area contributed by atoms with Gasteiger partial charge < -0.3 is 19.5 Å². The third-order valence-corrected chi connectivity index (χ3v) is 3.93. The van der Waals surface area contributed by atoms with Crippen LogP contribution in [-0.2, 0) is 11.2 Å². The number of amides is 1. The highest BCUT2D eigenvalue weighted by molar-refractivity contribution is 5.81. The molecule has 0 saturated carbocycles. The summed E-state index contributed by atoms with van der Waals surface area (Å²) >= 11 is 0. The van der Waals surface area contributed by atoms with Crippen LogP contribution < -0.4 is 19.5 Å². The second kappa shape index (κ2) is 7.25. The van der Waals surface area contributed by atoms with E-state index in [9.17, 15) is 4.79 Å². The molecule has 0 aromatic heterocycles. The monoisotopic (exact) mass is 327 g/mol. The molecule has 1 heterocycles. The predicted molar refractivity (Wildman–Crippen MR) is 90.8 cm³/mol. The van der Waals surface area contributed by atoms with Crippen LogP contribution in [0.1, 0.15) is 11.1 Å². The maximum absolute atomic E-state index is 12.3. The molecule has 3 rings (SSSR count). The quantitative estimate of drug-likeness (QED) is 0.917. The predicted octanol–water partition coefficient (Wildman–Crippen LogP) is 2.50. The summed E-state index contributed by atoms with van der Waals surface area (Å²) in [6.07, 6.45) is 0.0696. The summed E-state index contributed by atoms with van der Waals surface area (Å²) in [5, 5.41) is 2.90. The van der Waals surface area contributed by atoms with Crippen LogP contribution in [0.2, 0.25) is 0 Å². The normalized spacial score (nSPS) is 15.7. The number of fused-ring (bicyclic) bond motifs is 1. The zero-order valence-corrected chi connectivity index (χ0v) is 13.9. The van der Waals surface area contributed by atoms with Crippen molar-refractivity contribution in [3.8, 4) is 17.2 Å². The van der Waals surface area contributed by atoms with Crippen molar-refractivity contribution < 1.29 is 19.0 Å². The Labute approximate surface area is 141 Å². The van der Waals surface area contributed by atoms with Crippen molar-refractivity contribution in [2.75, 3.05) is 20.3 Å². The first kappa shape index (κ1) is 16.2. The zero-order chi connectivity index (χ0) is 16.9. The lowest BCUT2D eigenvalue weighted by molar-refractivity contribution is -0.130. The molecule has 0 radical (unpaired) electrons. The maximum atomic E-state index is 12.3. The smallest absolute Gasteiger partial charge is 0.264 e. The standard InChI is InChI=1S/C19H21NO4/c1-13-7-8-15(22-2)14(11-13)9-10-20-19(21)18-12-23-16-5-3-4-6-17(16)24-18/h3-8,11,18H,9-10,12H2,1-2H3,(H,20,21). The molecule has 2 aromatic carbocycles. The van der Waals surface area contributed by atoms with Crippen molar-refractivity contribution in [1.29, 1.82) is 0 Å². The molecular weight excluding hydrogens is 306 g/mol. The van der Waals surface area contributed by atoms with Gasteiger partial charge in [0.05, 0.1) is 7.11 Å². The van der Waals surface area contributed by atoms with E-state index >= 15 is 0 Å². The van der Waals surface area contributed by atoms with Gasteiger partial charge in [-0.3, -0.25) is 4.79 Å². The van der Waals surface area contributed by atoms with Crippen LogP contribution >= 0.6 is 0 Å². The van der Waals surface area contributed by atoms with Gasteiger partial charge in [-0.2, -0.15) is 0 Å². The van der Waals surface area contributed by atoms with Gasteiger partial charge in [0.15, 0.2) is 11.5 Å². The van der Waals surface area contributed by atoms with Crippen molar-refractivity contribution in [3.05, 3.63) is 53.6 Å². The fraction of sp³-hybridized carbons (Fsp3) is 0.316. The van der Waals surface area contributed by atoms with Crippen molar-refractivity contribution in [3.63, 3.8) is 0 Å². The Morgan fingerprint density at radius 2 is 2.04 bits per heavy atom. The maximum Gasteiger partial charge on any atom is 0.264 e. The molecule has 24 heavy (non-hydrogen) atoms. The van der Waals surface area contributed by atoms with E-state index in [0.29, 0.717) is 24.5 Å². The highest BCUT2D eigenvalue weighted by Gasteiger charge is 2.26. The van der Waals surface area contributed by atoms with Crippen LogP contribution in [0.15, 0.2) is 42.5 Å². The molecule has 1 aliphatic rings. The summed E-state index contributed by atoms with van der Waals surface area (Å²) in [6.45, 7) is 2.77. The number of aryl methyl sites for hydroxylation is 1. The van der Waals surface area contributed by atoms with Gasteiger partial charge >= 0.3 is 0 Å². The Bertz CT molecular complexity index is 729. The van der Waals surface area contributed by atoms with Gasteiger partial charge in [-0.1, -0.05) is 29.8 Å². The lowest BCUT2D eigenvalue weighted by Crippen LogP contribution is -2.44. The summed E-state index contributed by atoms with van der Waals surface area (Å²) in [7, 11) is 1.65. The second-order valence-electron chi connectivity index (χ2n) is 5.72. The highest BCUT2D eigenvalue weighted by atomic mass is 16.6. The number of ether oxygens (including phenoxy) is 3. The largest absolute Gasteiger partial charge is 0.496 e. The first-order valence-electron chi connectivity index (χ1n) is 7.97. The molecule has 1 unspecified atom stereocenters. The van der Waals surface area contributed by atoms with Crippen molar-refractivity contribution in [2.24, 2.45) is 0 Å². The molecule has 1 amide bonds. The molecule has 1 aliphatic heterocycles. The summed E-state index contributed by atoms with van der Waals surface area (Å²) in [5.41, 5.74) is 2.24.